The van der Waals surface area contributed by atoms with Gasteiger partial charge in [0.1, 0.15) is 6.04 Å². The van der Waals surface area contributed by atoms with Crippen LogP contribution in [0.15, 0.2) is 5.38 Å². The number of β-amino-alcohol motifs (C(OH)–C–C–N with tert-alkyl or cyclic N) is 1. The molecule has 0 aliphatic carbocycles. The predicted octanol–water partition coefficient (Wildman–Crippen LogP) is -0.802. The number of aliphatic carboxylic acids is 1. The van der Waals surface area contributed by atoms with E-state index in [2.05, 4.69) is 9.59 Å². The lowest BCUT2D eigenvalue weighted by atomic mass is 10.2. The number of hydrogen-bond acceptors (Lipinski definition) is 6. The Morgan fingerprint density at radius 1 is 1.56 bits per heavy atom. The number of nitrogens with zero attached hydrogens (tertiary/aromatic N) is 3. The number of rotatable bonds is 2. The lowest BCUT2D eigenvalue weighted by Crippen LogP contribution is -2.40. The average molecular weight is 243 g/mol. The SMILES string of the molecule is O=C(O)[C@@H]1C[C@H](O)CN1C(=O)c1csnn1. The number of likely N-dealkylation sites (tertiary alicyclic amines) is 1. The monoisotopic (exact) mass is 243 g/mol. The maximum atomic E-state index is 11.8. The standard InChI is InChI=1S/C8H9N3O4S/c12-4-1-6(8(14)15)11(2-4)7(13)5-3-16-10-9-5/h3-4,6,12H,1-2H2,(H,14,15)/t4-,6-/m0/s1. The molecule has 1 aromatic heterocycles. The second kappa shape index (κ2) is 4.14. The molecule has 8 heteroatoms. The molecular formula is C8H9N3O4S. The van der Waals surface area contributed by atoms with E-state index in [0.717, 1.165) is 16.4 Å². The molecule has 2 atom stereocenters. The highest BCUT2D eigenvalue weighted by Gasteiger charge is 2.39. The van der Waals surface area contributed by atoms with Gasteiger partial charge >= 0.3 is 5.97 Å². The molecule has 1 saturated heterocycles. The molecule has 1 fully saturated rings. The zero-order chi connectivity index (χ0) is 11.7. The summed E-state index contributed by atoms with van der Waals surface area (Å²) < 4.78 is 3.54. The molecule has 0 spiro atoms. The van der Waals surface area contributed by atoms with E-state index in [-0.39, 0.29) is 18.7 Å². The van der Waals surface area contributed by atoms with Gasteiger partial charge in [0.15, 0.2) is 5.69 Å². The highest BCUT2D eigenvalue weighted by molar-refractivity contribution is 7.03. The third-order valence-electron chi connectivity index (χ3n) is 2.40. The van der Waals surface area contributed by atoms with Crippen LogP contribution in [0.4, 0.5) is 0 Å². The van der Waals surface area contributed by atoms with Crippen molar-refractivity contribution in [3.8, 4) is 0 Å². The molecule has 0 saturated carbocycles. The molecule has 2 heterocycles. The predicted molar refractivity (Wildman–Crippen MR) is 53.0 cm³/mol. The second-order valence-electron chi connectivity index (χ2n) is 3.49. The molecule has 0 bridgehead atoms. The second-order valence-corrected chi connectivity index (χ2v) is 4.10. The van der Waals surface area contributed by atoms with Crippen molar-refractivity contribution < 1.29 is 19.8 Å². The first-order chi connectivity index (χ1) is 7.59. The third kappa shape index (κ3) is 1.89. The number of carboxylic acids is 1. The smallest absolute Gasteiger partial charge is 0.326 e. The minimum absolute atomic E-state index is 0.0212. The first-order valence-electron chi connectivity index (χ1n) is 4.58. The average Bonchev–Trinajstić information content (AvgIpc) is 2.84. The van der Waals surface area contributed by atoms with E-state index in [1.807, 2.05) is 0 Å². The van der Waals surface area contributed by atoms with Crippen molar-refractivity contribution in [2.45, 2.75) is 18.6 Å². The summed E-state index contributed by atoms with van der Waals surface area (Å²) in [6.45, 7) is 0.0212. The van der Waals surface area contributed by atoms with Gasteiger partial charge in [-0.1, -0.05) is 4.49 Å². The Morgan fingerprint density at radius 2 is 2.31 bits per heavy atom. The van der Waals surface area contributed by atoms with Crippen molar-refractivity contribution in [2.75, 3.05) is 6.54 Å². The minimum Gasteiger partial charge on any atom is -0.480 e. The van der Waals surface area contributed by atoms with E-state index in [1.165, 1.54) is 5.38 Å². The lowest BCUT2D eigenvalue weighted by molar-refractivity contribution is -0.141. The molecule has 2 N–H and O–H groups in total. The Balaban J connectivity index is 2.20. The van der Waals surface area contributed by atoms with Crippen LogP contribution in [0.5, 0.6) is 0 Å². The third-order valence-corrected chi connectivity index (χ3v) is 2.91. The van der Waals surface area contributed by atoms with Gasteiger partial charge in [0, 0.05) is 18.3 Å². The van der Waals surface area contributed by atoms with E-state index < -0.39 is 24.0 Å². The van der Waals surface area contributed by atoms with Crippen LogP contribution in [0.1, 0.15) is 16.9 Å². The first-order valence-corrected chi connectivity index (χ1v) is 5.42. The van der Waals surface area contributed by atoms with E-state index in [0.29, 0.717) is 0 Å². The molecule has 16 heavy (non-hydrogen) atoms. The van der Waals surface area contributed by atoms with Gasteiger partial charge in [0.25, 0.3) is 5.91 Å². The fourth-order valence-corrected chi connectivity index (χ4v) is 2.11. The fraction of sp³-hybridized carbons (Fsp3) is 0.500. The number of aromatic nitrogens is 2. The maximum absolute atomic E-state index is 11.8. The summed E-state index contributed by atoms with van der Waals surface area (Å²) in [5, 5.41) is 23.3. The normalized spacial score (nSPS) is 24.7. The highest BCUT2D eigenvalue weighted by atomic mass is 32.1. The summed E-state index contributed by atoms with van der Waals surface area (Å²) in [5.41, 5.74) is 0.116. The van der Waals surface area contributed by atoms with Crippen LogP contribution in [0.25, 0.3) is 0 Å². The summed E-state index contributed by atoms with van der Waals surface area (Å²) in [4.78, 5) is 23.8. The summed E-state index contributed by atoms with van der Waals surface area (Å²) >= 11 is 1.02. The van der Waals surface area contributed by atoms with Gasteiger partial charge in [-0.25, -0.2) is 4.79 Å². The van der Waals surface area contributed by atoms with Gasteiger partial charge in [0.2, 0.25) is 0 Å². The van der Waals surface area contributed by atoms with Crippen LogP contribution in [-0.4, -0.2) is 55.3 Å². The Kier molecular flexibility index (Phi) is 2.84. The number of carbonyl (C=O) groups excluding carboxylic acids is 1. The molecular weight excluding hydrogens is 234 g/mol. The lowest BCUT2D eigenvalue weighted by Gasteiger charge is -2.19. The zero-order valence-corrected chi connectivity index (χ0v) is 8.92. The zero-order valence-electron chi connectivity index (χ0n) is 8.11. The minimum atomic E-state index is -1.12. The Bertz CT molecular complexity index is 407. The fourth-order valence-electron chi connectivity index (χ4n) is 1.68. The van der Waals surface area contributed by atoms with Gasteiger partial charge in [-0.05, 0) is 11.5 Å². The Labute approximate surface area is 94.5 Å². The van der Waals surface area contributed by atoms with E-state index in [9.17, 15) is 14.7 Å². The number of hydrogen-bond donors (Lipinski definition) is 2. The van der Waals surface area contributed by atoms with E-state index in [1.54, 1.807) is 0 Å². The van der Waals surface area contributed by atoms with Crippen molar-refractivity contribution in [1.82, 2.24) is 14.5 Å². The van der Waals surface area contributed by atoms with E-state index >= 15 is 0 Å². The number of carboxylic acid groups (broad SMARTS) is 1. The summed E-state index contributed by atoms with van der Waals surface area (Å²) in [6, 6.07) is -0.982. The molecule has 2 rings (SSSR count). The van der Waals surface area contributed by atoms with Crippen LogP contribution in [0, 0.1) is 0 Å². The van der Waals surface area contributed by atoms with Gasteiger partial charge in [-0.3, -0.25) is 4.79 Å². The molecule has 1 aliphatic heterocycles. The van der Waals surface area contributed by atoms with Gasteiger partial charge in [-0.2, -0.15) is 0 Å². The molecule has 0 unspecified atom stereocenters. The number of carbonyl (C=O) groups is 2. The van der Waals surface area contributed by atoms with Crippen LogP contribution >= 0.6 is 11.5 Å². The van der Waals surface area contributed by atoms with Gasteiger partial charge < -0.3 is 15.1 Å². The van der Waals surface area contributed by atoms with Crippen molar-refractivity contribution >= 4 is 23.4 Å². The summed E-state index contributed by atoms with van der Waals surface area (Å²) in [5.74, 6) is -1.62. The Hall–Kier alpha value is -1.54. The van der Waals surface area contributed by atoms with Gasteiger partial charge in [0.05, 0.1) is 6.10 Å². The molecule has 0 radical (unpaired) electrons. The molecule has 1 aromatic rings. The highest BCUT2D eigenvalue weighted by Crippen LogP contribution is 2.20. The van der Waals surface area contributed by atoms with Crippen LogP contribution < -0.4 is 0 Å². The number of aliphatic hydroxyl groups excluding tert-OH is 1. The quantitative estimate of drug-likeness (QED) is 0.704. The largest absolute Gasteiger partial charge is 0.480 e. The molecule has 0 aromatic carbocycles. The van der Waals surface area contributed by atoms with Crippen molar-refractivity contribution in [2.24, 2.45) is 0 Å². The summed E-state index contributed by atoms with van der Waals surface area (Å²) in [6.07, 6.45) is -0.741. The molecule has 86 valence electrons. The molecule has 1 aliphatic rings. The van der Waals surface area contributed by atoms with Crippen molar-refractivity contribution in [3.63, 3.8) is 0 Å². The number of aliphatic hydroxyl groups is 1. The first kappa shape index (κ1) is 11.0. The maximum Gasteiger partial charge on any atom is 0.326 e. The van der Waals surface area contributed by atoms with Crippen LogP contribution in [-0.2, 0) is 4.79 Å². The van der Waals surface area contributed by atoms with Crippen LogP contribution in [0.2, 0.25) is 0 Å². The molecule has 1 amide bonds. The molecule has 7 nitrogen and oxygen atoms in total. The van der Waals surface area contributed by atoms with Crippen molar-refractivity contribution in [3.05, 3.63) is 11.1 Å². The Morgan fingerprint density at radius 3 is 2.88 bits per heavy atom. The number of amides is 1. The van der Waals surface area contributed by atoms with E-state index in [4.69, 9.17) is 5.11 Å². The summed E-state index contributed by atoms with van der Waals surface area (Å²) in [7, 11) is 0. The van der Waals surface area contributed by atoms with Gasteiger partial charge in [-0.15, -0.1) is 5.10 Å². The topological polar surface area (TPSA) is 104 Å². The van der Waals surface area contributed by atoms with Crippen LogP contribution in [0.3, 0.4) is 0 Å². The van der Waals surface area contributed by atoms with Crippen molar-refractivity contribution in [1.29, 1.82) is 0 Å².